The molecule has 0 saturated carbocycles. The van der Waals surface area contributed by atoms with E-state index in [-0.39, 0.29) is 27.7 Å². The summed E-state index contributed by atoms with van der Waals surface area (Å²) in [7, 11) is 0. The van der Waals surface area contributed by atoms with Crippen LogP contribution in [0.5, 0.6) is 0 Å². The van der Waals surface area contributed by atoms with Crippen molar-refractivity contribution in [2.24, 2.45) is 0 Å². The largest absolute Gasteiger partial charge is 0.198 e. The van der Waals surface area contributed by atoms with Crippen molar-refractivity contribution in [3.8, 4) is 0 Å². The maximum Gasteiger partial charge on any atom is 0.0690 e. The van der Waals surface area contributed by atoms with Gasteiger partial charge < -0.3 is 0 Å². The van der Waals surface area contributed by atoms with Crippen molar-refractivity contribution in [3.05, 3.63) is 12.4 Å². The molecule has 4 heteroatoms. The van der Waals surface area contributed by atoms with Gasteiger partial charge in [-0.2, -0.15) is 15.4 Å². The zero-order valence-electron chi connectivity index (χ0n) is 3.26. The first-order valence-corrected chi connectivity index (χ1v) is 1.30. The minimum atomic E-state index is 0. The van der Waals surface area contributed by atoms with Crippen LogP contribution < -0.4 is 0 Å². The second-order valence-electron chi connectivity index (χ2n) is 0.656. The van der Waals surface area contributed by atoms with Crippen LogP contribution in [0.3, 0.4) is 0 Å². The Hall–Kier alpha value is 0.0751. The number of hydrogen-bond acceptors (Lipinski definition) is 2. The Morgan fingerprint density at radius 3 is 1.83 bits per heavy atom. The average Bonchev–Trinajstić information content (AvgIpc) is 1.76. The molecule has 3 nitrogen and oxygen atoms in total. The van der Waals surface area contributed by atoms with Gasteiger partial charge >= 0.3 is 0 Å². The topological polar surface area (TPSA) is 41.6 Å². The summed E-state index contributed by atoms with van der Waals surface area (Å²) in [6, 6.07) is 0. The number of hydrogen-bond donors (Lipinski definition) is 1. The van der Waals surface area contributed by atoms with Crippen LogP contribution in [0.1, 0.15) is 0 Å². The zero-order chi connectivity index (χ0) is 3.54. The van der Waals surface area contributed by atoms with Gasteiger partial charge in [-0.3, -0.25) is 0 Å². The molecule has 0 radical (unpaired) electrons. The molecule has 1 aromatic heterocycles. The number of nitrogens with zero attached hydrogens (tertiary/aromatic N) is 2. The fourth-order valence-electron chi connectivity index (χ4n) is 0.167. The predicted octanol–water partition coefficient (Wildman–Crippen LogP) is -0.198. The van der Waals surface area contributed by atoms with Gasteiger partial charge in [-0.15, -0.1) is 0 Å². The molecule has 0 aliphatic rings. The van der Waals surface area contributed by atoms with Crippen molar-refractivity contribution in [2.75, 3.05) is 0 Å². The fraction of sp³-hybridized carbons (Fsp3) is 0. The maximum atomic E-state index is 3.49. The molecule has 0 atom stereocenters. The molecule has 0 aliphatic heterocycles. The summed E-state index contributed by atoms with van der Waals surface area (Å²) >= 11 is 0. The van der Waals surface area contributed by atoms with Crippen molar-refractivity contribution in [1.29, 1.82) is 0 Å². The fourth-order valence-corrected chi connectivity index (χ4v) is 0.167. The molecule has 0 amide bonds. The van der Waals surface area contributed by atoms with Gasteiger partial charge in [0.05, 0.1) is 12.4 Å². The van der Waals surface area contributed by atoms with E-state index < -0.39 is 0 Å². The standard InChI is InChI=1S/C2H3N3.Hg/c1-2-4-5-3-1;/h1-2H,(H,3,4,5);. The van der Waals surface area contributed by atoms with Crippen molar-refractivity contribution >= 4 is 0 Å². The molecule has 28 valence electrons. The van der Waals surface area contributed by atoms with Crippen molar-refractivity contribution < 1.29 is 27.7 Å². The van der Waals surface area contributed by atoms with Gasteiger partial charge in [0, 0.05) is 27.7 Å². The molecular weight excluding hydrogens is 267 g/mol. The van der Waals surface area contributed by atoms with Gasteiger partial charge in [-0.25, -0.2) is 0 Å². The summed E-state index contributed by atoms with van der Waals surface area (Å²) < 4.78 is 0. The summed E-state index contributed by atoms with van der Waals surface area (Å²) in [4.78, 5) is 0. The van der Waals surface area contributed by atoms with Crippen LogP contribution >= 0.6 is 0 Å². The molecule has 0 saturated heterocycles. The van der Waals surface area contributed by atoms with E-state index in [1.165, 1.54) is 0 Å². The monoisotopic (exact) mass is 271 g/mol. The first-order valence-electron chi connectivity index (χ1n) is 1.30. The second-order valence-corrected chi connectivity index (χ2v) is 0.656. The van der Waals surface area contributed by atoms with Gasteiger partial charge in [0.1, 0.15) is 0 Å². The smallest absolute Gasteiger partial charge is 0.0690 e. The van der Waals surface area contributed by atoms with Crippen LogP contribution in [0.2, 0.25) is 0 Å². The SMILES string of the molecule is [Hg].c1cn[nH]n1. The van der Waals surface area contributed by atoms with Crippen LogP contribution in [-0.2, 0) is 27.7 Å². The molecule has 0 aliphatic carbocycles. The number of aromatic amines is 1. The molecule has 6 heavy (non-hydrogen) atoms. The molecule has 1 rings (SSSR count). The first kappa shape index (κ1) is 6.08. The van der Waals surface area contributed by atoms with E-state index in [1.807, 2.05) is 0 Å². The zero-order valence-corrected chi connectivity index (χ0v) is 8.75. The Morgan fingerprint density at radius 2 is 1.67 bits per heavy atom. The quantitative estimate of drug-likeness (QED) is 0.663. The van der Waals surface area contributed by atoms with Crippen molar-refractivity contribution in [3.63, 3.8) is 0 Å². The maximum absolute atomic E-state index is 3.49. The molecule has 0 spiro atoms. The van der Waals surface area contributed by atoms with E-state index in [1.54, 1.807) is 12.4 Å². The summed E-state index contributed by atoms with van der Waals surface area (Å²) in [6.45, 7) is 0. The average molecular weight is 270 g/mol. The Balaban J connectivity index is 0.000000250. The molecule has 0 aromatic carbocycles. The van der Waals surface area contributed by atoms with Crippen molar-refractivity contribution in [2.45, 2.75) is 0 Å². The van der Waals surface area contributed by atoms with Gasteiger partial charge in [0.2, 0.25) is 0 Å². The van der Waals surface area contributed by atoms with Gasteiger partial charge in [0.15, 0.2) is 0 Å². The summed E-state index contributed by atoms with van der Waals surface area (Å²) in [5, 5.41) is 9.33. The first-order chi connectivity index (χ1) is 2.50. The molecule has 0 unspecified atom stereocenters. The van der Waals surface area contributed by atoms with E-state index in [2.05, 4.69) is 15.4 Å². The minimum Gasteiger partial charge on any atom is -0.198 e. The third-order valence-corrected chi connectivity index (χ3v) is 0.331. The molecule has 0 fully saturated rings. The van der Waals surface area contributed by atoms with E-state index >= 15 is 0 Å². The Kier molecular flexibility index (Phi) is 3.31. The number of nitrogens with one attached hydrogen (secondary N) is 1. The molecular formula is C2H3HgN3. The van der Waals surface area contributed by atoms with Crippen molar-refractivity contribution in [1.82, 2.24) is 15.4 Å². The van der Waals surface area contributed by atoms with Crippen LogP contribution in [0.4, 0.5) is 0 Å². The molecule has 1 aromatic rings. The predicted molar refractivity (Wildman–Crippen MR) is 16.4 cm³/mol. The van der Waals surface area contributed by atoms with Crippen LogP contribution in [0.15, 0.2) is 12.4 Å². The van der Waals surface area contributed by atoms with Crippen LogP contribution in [0, 0.1) is 0 Å². The van der Waals surface area contributed by atoms with Gasteiger partial charge in [-0.1, -0.05) is 0 Å². The number of aromatic nitrogens is 3. The van der Waals surface area contributed by atoms with Gasteiger partial charge in [0.25, 0.3) is 0 Å². The number of H-pyrrole nitrogens is 1. The molecule has 1 N–H and O–H groups in total. The van der Waals surface area contributed by atoms with Gasteiger partial charge in [-0.05, 0) is 0 Å². The van der Waals surface area contributed by atoms with E-state index in [0.29, 0.717) is 0 Å². The summed E-state index contributed by atoms with van der Waals surface area (Å²) in [5.41, 5.74) is 0. The van der Waals surface area contributed by atoms with Crippen LogP contribution in [-0.4, -0.2) is 15.4 Å². The summed E-state index contributed by atoms with van der Waals surface area (Å²) in [6.07, 6.45) is 3.17. The Labute approximate surface area is 55.6 Å². The second kappa shape index (κ2) is 3.27. The normalized spacial score (nSPS) is 6.67. The molecule has 1 heterocycles. The van der Waals surface area contributed by atoms with E-state index in [0.717, 1.165) is 0 Å². The Morgan fingerprint density at radius 1 is 1.17 bits per heavy atom. The Bertz CT molecular complexity index is 65.3. The minimum absolute atomic E-state index is 0. The van der Waals surface area contributed by atoms with E-state index in [4.69, 9.17) is 0 Å². The summed E-state index contributed by atoms with van der Waals surface area (Å²) in [5.74, 6) is 0. The third kappa shape index (κ3) is 1.50. The molecule has 0 bridgehead atoms. The van der Waals surface area contributed by atoms with Crippen LogP contribution in [0.25, 0.3) is 0 Å². The third-order valence-electron chi connectivity index (χ3n) is 0.331. The number of rotatable bonds is 0. The van der Waals surface area contributed by atoms with E-state index in [9.17, 15) is 0 Å².